The molecule has 0 aliphatic heterocycles. The maximum Gasteiger partial charge on any atom is 0.171 e. The Morgan fingerprint density at radius 1 is 1.29 bits per heavy atom. The topological polar surface area (TPSA) is 35.1 Å². The van der Waals surface area contributed by atoms with Gasteiger partial charge in [-0.25, -0.2) is 13.9 Å². The van der Waals surface area contributed by atoms with E-state index in [1.807, 2.05) is 28.9 Å². The summed E-state index contributed by atoms with van der Waals surface area (Å²) in [4.78, 5) is 8.31. The molecule has 0 saturated carbocycles. The number of hydrogen-bond acceptors (Lipinski definition) is 3. The zero-order valence-electron chi connectivity index (χ0n) is 9.04. The molecule has 0 bridgehead atoms. The molecular formula is C11H9FN4S. The van der Waals surface area contributed by atoms with Crippen LogP contribution < -0.4 is 0 Å². The summed E-state index contributed by atoms with van der Waals surface area (Å²) in [5.41, 5.74) is 2.46. The molecule has 0 aliphatic rings. The second kappa shape index (κ2) is 3.89. The van der Waals surface area contributed by atoms with Gasteiger partial charge < -0.3 is 4.40 Å². The molecule has 3 aromatic heterocycles. The Morgan fingerprint density at radius 2 is 2.18 bits per heavy atom. The normalized spacial score (nSPS) is 11.2. The molecule has 6 heteroatoms. The first-order chi connectivity index (χ1) is 8.29. The average molecular weight is 248 g/mol. The van der Waals surface area contributed by atoms with Crippen LogP contribution in [0, 0.1) is 6.92 Å². The van der Waals surface area contributed by atoms with Crippen LogP contribution in [0.2, 0.25) is 0 Å². The number of fused-ring (bicyclic) bond motifs is 1. The smallest absolute Gasteiger partial charge is 0.171 e. The molecule has 3 rings (SSSR count). The fourth-order valence-electron chi connectivity index (χ4n) is 1.78. The van der Waals surface area contributed by atoms with Crippen molar-refractivity contribution in [2.75, 3.05) is 0 Å². The van der Waals surface area contributed by atoms with Gasteiger partial charge in [0.2, 0.25) is 0 Å². The molecule has 0 N–H and O–H groups in total. The van der Waals surface area contributed by atoms with Gasteiger partial charge in [-0.05, 0) is 19.1 Å². The van der Waals surface area contributed by atoms with Crippen molar-refractivity contribution in [3.63, 3.8) is 0 Å². The van der Waals surface area contributed by atoms with Gasteiger partial charge in [-0.15, -0.1) is 3.89 Å². The Labute approximate surface area is 102 Å². The molecule has 86 valence electrons. The van der Waals surface area contributed by atoms with Gasteiger partial charge in [0, 0.05) is 24.2 Å². The highest BCUT2D eigenvalue weighted by atomic mass is 32.2. The van der Waals surface area contributed by atoms with Gasteiger partial charge in [-0.1, -0.05) is 0 Å². The Balaban J connectivity index is 2.19. The molecule has 3 aromatic rings. The van der Waals surface area contributed by atoms with Crippen LogP contribution in [0.5, 0.6) is 0 Å². The number of pyridine rings is 1. The van der Waals surface area contributed by atoms with E-state index in [0.717, 1.165) is 16.9 Å². The monoisotopic (exact) mass is 248 g/mol. The Hall–Kier alpha value is -1.82. The molecule has 0 fully saturated rings. The number of rotatable bonds is 2. The highest BCUT2D eigenvalue weighted by Crippen LogP contribution is 2.26. The van der Waals surface area contributed by atoms with E-state index in [1.165, 1.54) is 3.97 Å². The molecule has 4 nitrogen and oxygen atoms in total. The van der Waals surface area contributed by atoms with Crippen LogP contribution in [0.4, 0.5) is 3.89 Å². The van der Waals surface area contributed by atoms with Crippen LogP contribution in [-0.2, 0) is 0 Å². The van der Waals surface area contributed by atoms with E-state index in [4.69, 9.17) is 0 Å². The first kappa shape index (κ1) is 10.3. The third kappa shape index (κ3) is 1.61. The predicted octanol–water partition coefficient (Wildman–Crippen LogP) is 2.89. The molecule has 0 aliphatic carbocycles. The third-order valence-electron chi connectivity index (χ3n) is 2.65. The van der Waals surface area contributed by atoms with Crippen molar-refractivity contribution in [3.8, 4) is 11.3 Å². The van der Waals surface area contributed by atoms with Crippen molar-refractivity contribution in [1.82, 2.24) is 18.3 Å². The summed E-state index contributed by atoms with van der Waals surface area (Å²) < 4.78 is 16.2. The van der Waals surface area contributed by atoms with Gasteiger partial charge in [0.05, 0.1) is 11.9 Å². The standard InChI is InChI=1S/C11H9FN4S/c1-8-14-7-10(16(8)17-12)9-2-4-15-5-3-13-11(15)6-9/h2-7H,1H3. The molecule has 3 heterocycles. The van der Waals surface area contributed by atoms with E-state index in [2.05, 4.69) is 9.97 Å². The van der Waals surface area contributed by atoms with Gasteiger partial charge >= 0.3 is 0 Å². The lowest BCUT2D eigenvalue weighted by molar-refractivity contribution is 0.906. The highest BCUT2D eigenvalue weighted by molar-refractivity contribution is 7.92. The van der Waals surface area contributed by atoms with Crippen molar-refractivity contribution in [2.45, 2.75) is 6.92 Å². The SMILES string of the molecule is Cc1ncc(-c2ccn3ccnc3c2)n1SF. The molecule has 0 amide bonds. The molecule has 0 unspecified atom stereocenters. The maximum atomic E-state index is 12.8. The van der Waals surface area contributed by atoms with Crippen molar-refractivity contribution in [1.29, 1.82) is 0 Å². The minimum Gasteiger partial charge on any atom is -0.307 e. The molecule has 17 heavy (non-hydrogen) atoms. The molecule has 0 saturated heterocycles. The van der Waals surface area contributed by atoms with Crippen LogP contribution in [-0.4, -0.2) is 18.3 Å². The summed E-state index contributed by atoms with van der Waals surface area (Å²) in [5, 5.41) is 0. The van der Waals surface area contributed by atoms with Crippen molar-refractivity contribution >= 4 is 18.0 Å². The van der Waals surface area contributed by atoms with Crippen LogP contribution in [0.1, 0.15) is 5.82 Å². The van der Waals surface area contributed by atoms with Gasteiger partial charge in [-0.3, -0.25) is 0 Å². The second-order valence-electron chi connectivity index (χ2n) is 3.66. The fraction of sp³-hybridized carbons (Fsp3) is 0.0909. The summed E-state index contributed by atoms with van der Waals surface area (Å²) in [6.45, 7) is 1.77. The highest BCUT2D eigenvalue weighted by Gasteiger charge is 2.10. The second-order valence-corrected chi connectivity index (χ2v) is 4.17. The van der Waals surface area contributed by atoms with Crippen molar-refractivity contribution in [2.24, 2.45) is 0 Å². The van der Waals surface area contributed by atoms with E-state index >= 15 is 0 Å². The van der Waals surface area contributed by atoms with E-state index in [-0.39, 0.29) is 12.3 Å². The number of aryl methyl sites for hydroxylation is 1. The number of nitrogens with zero attached hydrogens (tertiary/aromatic N) is 4. The summed E-state index contributed by atoms with van der Waals surface area (Å²) in [5.74, 6) is 0.635. The first-order valence-corrected chi connectivity index (χ1v) is 5.73. The van der Waals surface area contributed by atoms with Crippen LogP contribution >= 0.6 is 12.3 Å². The van der Waals surface area contributed by atoms with Gasteiger partial charge in [0.15, 0.2) is 12.3 Å². The van der Waals surface area contributed by atoms with E-state index in [9.17, 15) is 3.89 Å². The lowest BCUT2D eigenvalue weighted by atomic mass is 10.2. The van der Waals surface area contributed by atoms with Crippen molar-refractivity contribution < 1.29 is 3.89 Å². The summed E-state index contributed by atoms with van der Waals surface area (Å²) in [7, 11) is 0. The summed E-state index contributed by atoms with van der Waals surface area (Å²) in [6, 6.07) is 3.82. The molecule has 0 spiro atoms. The number of aromatic nitrogens is 4. The lowest BCUT2D eigenvalue weighted by Crippen LogP contribution is -1.92. The molecule has 0 radical (unpaired) electrons. The Bertz CT molecular complexity index is 673. The number of imidazole rings is 2. The quantitative estimate of drug-likeness (QED) is 0.699. The first-order valence-electron chi connectivity index (χ1n) is 5.06. The van der Waals surface area contributed by atoms with E-state index < -0.39 is 0 Å². The fourth-order valence-corrected chi connectivity index (χ4v) is 2.16. The van der Waals surface area contributed by atoms with E-state index in [1.54, 1.807) is 19.3 Å². The van der Waals surface area contributed by atoms with Gasteiger partial charge in [-0.2, -0.15) is 0 Å². The Morgan fingerprint density at radius 3 is 3.00 bits per heavy atom. The third-order valence-corrected chi connectivity index (χ3v) is 3.25. The van der Waals surface area contributed by atoms with Crippen LogP contribution in [0.3, 0.4) is 0 Å². The zero-order chi connectivity index (χ0) is 11.8. The Kier molecular flexibility index (Phi) is 2.36. The molecule has 0 aromatic carbocycles. The number of hydrogen-bond donors (Lipinski definition) is 0. The predicted molar refractivity (Wildman–Crippen MR) is 65.2 cm³/mol. The van der Waals surface area contributed by atoms with Crippen LogP contribution in [0.25, 0.3) is 16.9 Å². The zero-order valence-corrected chi connectivity index (χ0v) is 9.86. The van der Waals surface area contributed by atoms with Gasteiger partial charge in [0.25, 0.3) is 0 Å². The van der Waals surface area contributed by atoms with Crippen LogP contribution in [0.15, 0.2) is 36.9 Å². The lowest BCUT2D eigenvalue weighted by Gasteiger charge is -2.04. The largest absolute Gasteiger partial charge is 0.307 e. The van der Waals surface area contributed by atoms with Gasteiger partial charge in [0.1, 0.15) is 11.5 Å². The minimum atomic E-state index is 0.158. The molecular weight excluding hydrogens is 239 g/mol. The summed E-state index contributed by atoms with van der Waals surface area (Å²) >= 11 is 0.158. The number of halogens is 1. The minimum absolute atomic E-state index is 0.158. The average Bonchev–Trinajstić information content (AvgIpc) is 2.93. The van der Waals surface area contributed by atoms with Crippen molar-refractivity contribution in [3.05, 3.63) is 42.7 Å². The molecule has 0 atom stereocenters. The maximum absolute atomic E-state index is 12.8. The van der Waals surface area contributed by atoms with E-state index in [0.29, 0.717) is 5.82 Å². The summed E-state index contributed by atoms with van der Waals surface area (Å²) in [6.07, 6.45) is 7.15.